The van der Waals surface area contributed by atoms with Crippen LogP contribution in [-0.2, 0) is 24.4 Å². The topological polar surface area (TPSA) is 59.0 Å². The van der Waals surface area contributed by atoms with Crippen molar-refractivity contribution in [3.63, 3.8) is 0 Å². The molecule has 1 aliphatic heterocycles. The maximum atomic E-state index is 11.1. The van der Waals surface area contributed by atoms with Crippen molar-refractivity contribution < 1.29 is 19.4 Å². The van der Waals surface area contributed by atoms with Crippen LogP contribution in [0.25, 0.3) is 0 Å². The first-order chi connectivity index (χ1) is 16.6. The van der Waals surface area contributed by atoms with Gasteiger partial charge in [0.25, 0.3) is 0 Å². The van der Waals surface area contributed by atoms with Crippen LogP contribution in [0.1, 0.15) is 46.6 Å². The van der Waals surface area contributed by atoms with Crippen molar-refractivity contribution in [2.75, 3.05) is 18.6 Å². The molecule has 1 aromatic heterocycles. The lowest BCUT2D eigenvalue weighted by Gasteiger charge is -2.32. The Morgan fingerprint density at radius 3 is 2.68 bits per heavy atom. The van der Waals surface area contributed by atoms with E-state index in [1.165, 1.54) is 16.1 Å². The molecule has 0 amide bonds. The normalized spacial score (nSPS) is 13.4. The first kappa shape index (κ1) is 23.7. The summed E-state index contributed by atoms with van der Waals surface area (Å²) >= 11 is 1.76. The number of carboxylic acids is 1. The molecule has 0 saturated carbocycles. The number of rotatable bonds is 9. The standard InChI is InChI=1S/C28H29NO4S/c1-3-6-22(17-27(30)31)20-10-12-23(13-11-20)33-19-25-15-14-24(34-25)18-29-16-5-8-21-7-4-9-26(32-2)28(21)29/h4,7,9-15,22H,5,8,16-19H2,1-2H3,(H,30,31)/t22-/m1/s1. The Bertz CT molecular complexity index is 1170. The summed E-state index contributed by atoms with van der Waals surface area (Å²) in [4.78, 5) is 16.0. The predicted molar refractivity (Wildman–Crippen MR) is 136 cm³/mol. The van der Waals surface area contributed by atoms with Gasteiger partial charge < -0.3 is 19.5 Å². The number of nitrogens with zero attached hydrogens (tertiary/aromatic N) is 1. The number of aryl methyl sites for hydroxylation is 1. The number of hydrogen-bond acceptors (Lipinski definition) is 5. The van der Waals surface area contributed by atoms with Crippen LogP contribution in [0, 0.1) is 11.8 Å². The van der Waals surface area contributed by atoms with Crippen LogP contribution in [0.3, 0.4) is 0 Å². The zero-order chi connectivity index (χ0) is 23.9. The highest BCUT2D eigenvalue weighted by Crippen LogP contribution is 2.37. The molecule has 6 heteroatoms. The second-order valence-corrected chi connectivity index (χ2v) is 9.52. The van der Waals surface area contributed by atoms with Gasteiger partial charge in [0.2, 0.25) is 0 Å². The van der Waals surface area contributed by atoms with Crippen molar-refractivity contribution in [3.05, 3.63) is 75.5 Å². The number of thiophene rings is 1. The van der Waals surface area contributed by atoms with Crippen LogP contribution < -0.4 is 14.4 Å². The molecule has 34 heavy (non-hydrogen) atoms. The monoisotopic (exact) mass is 475 g/mol. The molecular formula is C28H29NO4S. The summed E-state index contributed by atoms with van der Waals surface area (Å²) < 4.78 is 11.6. The van der Waals surface area contributed by atoms with Crippen LogP contribution in [0.5, 0.6) is 11.5 Å². The van der Waals surface area contributed by atoms with Gasteiger partial charge in [0, 0.05) is 16.3 Å². The predicted octanol–water partition coefficient (Wildman–Crippen LogP) is 5.87. The SMILES string of the molecule is CC#C[C@H](CC(=O)O)c1ccc(OCc2ccc(CN3CCCc4cccc(OC)c43)s2)cc1. The van der Waals surface area contributed by atoms with Crippen molar-refractivity contribution in [2.24, 2.45) is 0 Å². The number of ether oxygens (including phenoxy) is 2. The Labute approximate surface area is 205 Å². The van der Waals surface area contributed by atoms with Gasteiger partial charge in [0.1, 0.15) is 18.1 Å². The number of carbonyl (C=O) groups is 1. The number of benzene rings is 2. The summed E-state index contributed by atoms with van der Waals surface area (Å²) in [5, 5.41) is 9.12. The van der Waals surface area contributed by atoms with E-state index >= 15 is 0 Å². The van der Waals surface area contributed by atoms with Crippen LogP contribution in [0.4, 0.5) is 5.69 Å². The molecule has 4 rings (SSSR count). The molecule has 1 aliphatic rings. The van der Waals surface area contributed by atoms with E-state index in [-0.39, 0.29) is 12.3 Å². The summed E-state index contributed by atoms with van der Waals surface area (Å²) in [5.41, 5.74) is 3.46. The van der Waals surface area contributed by atoms with Gasteiger partial charge in [0.15, 0.2) is 0 Å². The maximum Gasteiger partial charge on any atom is 0.304 e. The van der Waals surface area contributed by atoms with E-state index in [0.29, 0.717) is 6.61 Å². The van der Waals surface area contributed by atoms with Gasteiger partial charge in [-0.15, -0.1) is 17.3 Å². The fourth-order valence-corrected chi connectivity index (χ4v) is 5.30. The van der Waals surface area contributed by atoms with Gasteiger partial charge in [-0.25, -0.2) is 0 Å². The van der Waals surface area contributed by atoms with Crippen molar-refractivity contribution >= 4 is 23.0 Å². The van der Waals surface area contributed by atoms with Gasteiger partial charge in [-0.2, -0.15) is 0 Å². The fraction of sp³-hybridized carbons (Fsp3) is 0.321. The van der Waals surface area contributed by atoms with E-state index in [1.807, 2.05) is 30.3 Å². The highest BCUT2D eigenvalue weighted by Gasteiger charge is 2.21. The largest absolute Gasteiger partial charge is 0.495 e. The van der Waals surface area contributed by atoms with Gasteiger partial charge in [-0.1, -0.05) is 30.2 Å². The molecule has 0 unspecified atom stereocenters. The molecule has 1 atom stereocenters. The quantitative estimate of drug-likeness (QED) is 0.392. The molecular weight excluding hydrogens is 446 g/mol. The summed E-state index contributed by atoms with van der Waals surface area (Å²) in [7, 11) is 1.74. The molecule has 0 aliphatic carbocycles. The van der Waals surface area contributed by atoms with Gasteiger partial charge >= 0.3 is 5.97 Å². The molecule has 2 heterocycles. The number of aliphatic carboxylic acids is 1. The molecule has 1 N–H and O–H groups in total. The molecule has 2 aromatic carbocycles. The number of carboxylic acid groups (broad SMARTS) is 1. The Morgan fingerprint density at radius 1 is 1.15 bits per heavy atom. The lowest BCUT2D eigenvalue weighted by Crippen LogP contribution is -2.28. The average Bonchev–Trinajstić information content (AvgIpc) is 3.29. The molecule has 176 valence electrons. The Morgan fingerprint density at radius 2 is 1.94 bits per heavy atom. The summed E-state index contributed by atoms with van der Waals surface area (Å²) in [6, 6.07) is 18.2. The summed E-state index contributed by atoms with van der Waals surface area (Å²) in [6.45, 7) is 4.10. The van der Waals surface area contributed by atoms with Gasteiger partial charge in [0.05, 0.1) is 31.7 Å². The molecule has 0 radical (unpaired) electrons. The number of fused-ring (bicyclic) bond motifs is 1. The minimum atomic E-state index is -0.854. The molecule has 0 bridgehead atoms. The third-order valence-electron chi connectivity index (χ3n) is 5.92. The highest BCUT2D eigenvalue weighted by molar-refractivity contribution is 7.11. The van der Waals surface area contributed by atoms with Crippen LogP contribution in [0.2, 0.25) is 0 Å². The zero-order valence-corrected chi connectivity index (χ0v) is 20.4. The Balaban J connectivity index is 1.37. The number of hydrogen-bond donors (Lipinski definition) is 1. The second-order valence-electron chi connectivity index (χ2n) is 8.26. The van der Waals surface area contributed by atoms with E-state index in [9.17, 15) is 4.79 Å². The van der Waals surface area contributed by atoms with E-state index in [1.54, 1.807) is 25.4 Å². The highest BCUT2D eigenvalue weighted by atomic mass is 32.1. The third kappa shape index (κ3) is 5.73. The average molecular weight is 476 g/mol. The number of methoxy groups -OCH3 is 1. The van der Waals surface area contributed by atoms with E-state index in [0.717, 1.165) is 47.9 Å². The molecule has 0 spiro atoms. The molecule has 3 aromatic rings. The van der Waals surface area contributed by atoms with Gasteiger partial charge in [-0.05, 0) is 61.2 Å². The Kier molecular flexibility index (Phi) is 7.76. The second kappa shape index (κ2) is 11.1. The lowest BCUT2D eigenvalue weighted by molar-refractivity contribution is -0.137. The van der Waals surface area contributed by atoms with Crippen LogP contribution in [0.15, 0.2) is 54.6 Å². The third-order valence-corrected chi connectivity index (χ3v) is 6.96. The lowest BCUT2D eigenvalue weighted by atomic mass is 9.96. The summed E-state index contributed by atoms with van der Waals surface area (Å²) in [5.74, 6) is 6.33. The van der Waals surface area contributed by atoms with Gasteiger partial charge in [-0.3, -0.25) is 4.79 Å². The van der Waals surface area contributed by atoms with Crippen molar-refractivity contribution in [1.29, 1.82) is 0 Å². The first-order valence-electron chi connectivity index (χ1n) is 11.4. The first-order valence-corrected chi connectivity index (χ1v) is 12.2. The number of anilines is 1. The van der Waals surface area contributed by atoms with E-state index in [4.69, 9.17) is 14.6 Å². The van der Waals surface area contributed by atoms with Crippen LogP contribution in [-0.4, -0.2) is 24.7 Å². The van der Waals surface area contributed by atoms with Crippen molar-refractivity contribution in [2.45, 2.75) is 45.3 Å². The number of para-hydroxylation sites is 1. The van der Waals surface area contributed by atoms with Crippen LogP contribution >= 0.6 is 11.3 Å². The van der Waals surface area contributed by atoms with E-state index < -0.39 is 5.97 Å². The maximum absolute atomic E-state index is 11.1. The zero-order valence-electron chi connectivity index (χ0n) is 19.5. The molecule has 0 fully saturated rings. The van der Waals surface area contributed by atoms with E-state index in [2.05, 4.69) is 41.0 Å². The fourth-order valence-electron chi connectivity index (χ4n) is 4.35. The minimum Gasteiger partial charge on any atom is -0.495 e. The van der Waals surface area contributed by atoms with Crippen molar-refractivity contribution in [1.82, 2.24) is 0 Å². The molecule has 0 saturated heterocycles. The minimum absolute atomic E-state index is 0.00756. The Hall–Kier alpha value is -3.43. The molecule has 5 nitrogen and oxygen atoms in total. The van der Waals surface area contributed by atoms with Crippen molar-refractivity contribution in [3.8, 4) is 23.3 Å². The smallest absolute Gasteiger partial charge is 0.304 e. The summed E-state index contributed by atoms with van der Waals surface area (Å²) in [6.07, 6.45) is 2.23.